The van der Waals surface area contributed by atoms with Gasteiger partial charge in [0.25, 0.3) is 0 Å². The predicted molar refractivity (Wildman–Crippen MR) is 164 cm³/mol. The van der Waals surface area contributed by atoms with Gasteiger partial charge < -0.3 is 20.1 Å². The normalized spacial score (nSPS) is 32.9. The highest BCUT2D eigenvalue weighted by Crippen LogP contribution is 2.66. The highest BCUT2D eigenvalue weighted by molar-refractivity contribution is 5.41. The van der Waals surface area contributed by atoms with Crippen molar-refractivity contribution in [2.75, 3.05) is 20.1 Å². The third-order valence-electron chi connectivity index (χ3n) is 11.9. The molecule has 0 saturated heterocycles. The number of aliphatic hydroxyl groups is 1. The van der Waals surface area contributed by atoms with Gasteiger partial charge in [0.2, 0.25) is 0 Å². The van der Waals surface area contributed by atoms with Gasteiger partial charge in [0.1, 0.15) is 11.9 Å². The maximum atomic E-state index is 16.1. The minimum atomic E-state index is -5.49. The molecule has 8 unspecified atom stereocenters. The van der Waals surface area contributed by atoms with Crippen molar-refractivity contribution < 1.29 is 41.2 Å². The average Bonchev–Trinajstić information content (AvgIpc) is 3.16. The molecule has 0 aromatic heterocycles. The SMILES string of the molecule is CC1(O)CCC2C3C(CCCCC[N+](C)([O-])CCCCCCCCC(F)(F)C(F)(F)F)Cc4cc(O)ccc4C3C(F)CC21C. The van der Waals surface area contributed by atoms with Crippen molar-refractivity contribution >= 4 is 0 Å². The quantitative estimate of drug-likeness (QED) is 0.0861. The molecular weight excluding hydrogens is 596 g/mol. The van der Waals surface area contributed by atoms with Crippen LogP contribution in [0.5, 0.6) is 5.75 Å². The first-order valence-electron chi connectivity index (χ1n) is 17.1. The number of hydrogen-bond donors (Lipinski definition) is 2. The van der Waals surface area contributed by atoms with E-state index in [1.165, 1.54) is 0 Å². The Morgan fingerprint density at radius 1 is 0.933 bits per heavy atom. The molecule has 0 bridgehead atoms. The summed E-state index contributed by atoms with van der Waals surface area (Å²) >= 11 is 0. The van der Waals surface area contributed by atoms with E-state index in [4.69, 9.17) is 0 Å². The Hall–Kier alpha value is -1.52. The lowest BCUT2D eigenvalue weighted by atomic mass is 9.50. The molecular formula is C35H53F6NO3. The van der Waals surface area contributed by atoms with Crippen molar-refractivity contribution in [2.24, 2.45) is 23.2 Å². The van der Waals surface area contributed by atoms with Crippen molar-refractivity contribution in [3.8, 4) is 5.75 Å². The van der Waals surface area contributed by atoms with Crippen LogP contribution in [0.25, 0.3) is 0 Å². The number of quaternary nitrogens is 1. The topological polar surface area (TPSA) is 63.5 Å². The fraction of sp³-hybridized carbons (Fsp3) is 0.829. The molecule has 3 aliphatic rings. The van der Waals surface area contributed by atoms with Gasteiger partial charge in [-0.05, 0) is 112 Å². The molecule has 2 fully saturated rings. The standard InChI is InChI=1S/C35H53F6NO3/c1-32-23-29(36)31-27-15-14-26(43)22-25(27)21-24(30(31)28(32)16-18-33(32,2)44)13-9-8-12-20-42(3,45)19-11-7-5-4-6-10-17-34(37,38)35(39,40)41/h14-15,22,24,28-31,43-44H,4-13,16-21,23H2,1-3H3. The maximum absolute atomic E-state index is 16.1. The number of unbranched alkanes of at least 4 members (excludes halogenated alkanes) is 7. The second kappa shape index (κ2) is 13.9. The average molecular weight is 650 g/mol. The number of rotatable bonds is 15. The van der Waals surface area contributed by atoms with Gasteiger partial charge in [0.15, 0.2) is 0 Å². The van der Waals surface area contributed by atoms with Crippen LogP contribution >= 0.6 is 0 Å². The summed E-state index contributed by atoms with van der Waals surface area (Å²) in [6, 6.07) is 5.34. The summed E-state index contributed by atoms with van der Waals surface area (Å²) in [5.41, 5.74) is 0.680. The molecule has 0 aliphatic heterocycles. The van der Waals surface area contributed by atoms with E-state index < -0.39 is 35.7 Å². The lowest BCUT2D eigenvalue weighted by Crippen LogP contribution is -2.54. The molecule has 1 aromatic carbocycles. The number of halogens is 6. The molecule has 258 valence electrons. The highest BCUT2D eigenvalue weighted by Gasteiger charge is 2.63. The predicted octanol–water partition coefficient (Wildman–Crippen LogP) is 9.61. The number of hydrogen-bond acceptors (Lipinski definition) is 3. The smallest absolute Gasteiger partial charge is 0.453 e. The number of hydroxylamine groups is 3. The van der Waals surface area contributed by atoms with E-state index in [1.807, 2.05) is 13.0 Å². The van der Waals surface area contributed by atoms with E-state index in [9.17, 15) is 37.4 Å². The summed E-state index contributed by atoms with van der Waals surface area (Å²) in [6.45, 7) is 4.87. The third kappa shape index (κ3) is 8.14. The molecule has 2 saturated carbocycles. The summed E-state index contributed by atoms with van der Waals surface area (Å²) in [7, 11) is 1.66. The van der Waals surface area contributed by atoms with Gasteiger partial charge in [-0.1, -0.05) is 38.7 Å². The fourth-order valence-corrected chi connectivity index (χ4v) is 9.07. The Kier molecular flexibility index (Phi) is 11.2. The van der Waals surface area contributed by atoms with E-state index in [1.54, 1.807) is 19.2 Å². The largest absolute Gasteiger partial charge is 0.633 e. The molecule has 10 heteroatoms. The van der Waals surface area contributed by atoms with E-state index >= 15 is 4.39 Å². The summed E-state index contributed by atoms with van der Waals surface area (Å²) in [5.74, 6) is -4.05. The molecule has 0 heterocycles. The fourth-order valence-electron chi connectivity index (χ4n) is 9.07. The number of alkyl halides is 6. The molecule has 0 spiro atoms. The Balaban J connectivity index is 1.21. The number of aromatic hydroxyl groups is 1. The van der Waals surface area contributed by atoms with Crippen LogP contribution in [0, 0.1) is 28.4 Å². The lowest BCUT2D eigenvalue weighted by Gasteiger charge is -2.56. The van der Waals surface area contributed by atoms with Crippen molar-refractivity contribution in [1.82, 2.24) is 0 Å². The summed E-state index contributed by atoms with van der Waals surface area (Å²) < 4.78 is 78.4. The van der Waals surface area contributed by atoms with Crippen LogP contribution in [0.1, 0.15) is 121 Å². The van der Waals surface area contributed by atoms with E-state index in [0.717, 1.165) is 56.1 Å². The van der Waals surface area contributed by atoms with Crippen molar-refractivity contribution in [1.29, 1.82) is 0 Å². The lowest BCUT2D eigenvalue weighted by molar-refractivity contribution is -0.861. The van der Waals surface area contributed by atoms with E-state index in [2.05, 4.69) is 6.92 Å². The summed E-state index contributed by atoms with van der Waals surface area (Å²) in [6.07, 6.45) is 1.33. The minimum Gasteiger partial charge on any atom is -0.633 e. The molecule has 8 atom stereocenters. The molecule has 4 nitrogen and oxygen atoms in total. The molecule has 4 rings (SSSR count). The molecule has 1 aromatic rings. The van der Waals surface area contributed by atoms with Crippen molar-refractivity contribution in [3.05, 3.63) is 34.5 Å². The number of phenols is 1. The maximum Gasteiger partial charge on any atom is 0.453 e. The van der Waals surface area contributed by atoms with Crippen LogP contribution in [0.15, 0.2) is 18.2 Å². The van der Waals surface area contributed by atoms with Crippen LogP contribution in [-0.4, -0.2) is 58.9 Å². The van der Waals surface area contributed by atoms with E-state index in [0.29, 0.717) is 51.6 Å². The van der Waals surface area contributed by atoms with Crippen LogP contribution in [-0.2, 0) is 6.42 Å². The number of nitrogens with zero attached hydrogens (tertiary/aromatic N) is 1. The monoisotopic (exact) mass is 649 g/mol. The second-order valence-corrected chi connectivity index (χ2v) is 15.2. The van der Waals surface area contributed by atoms with Crippen molar-refractivity contribution in [2.45, 2.75) is 140 Å². The Morgan fingerprint density at radius 3 is 2.18 bits per heavy atom. The van der Waals surface area contributed by atoms with Crippen LogP contribution in [0.3, 0.4) is 0 Å². The van der Waals surface area contributed by atoms with Gasteiger partial charge in [0, 0.05) is 17.8 Å². The molecule has 0 radical (unpaired) electrons. The molecule has 45 heavy (non-hydrogen) atoms. The summed E-state index contributed by atoms with van der Waals surface area (Å²) in [4.78, 5) is 0. The second-order valence-electron chi connectivity index (χ2n) is 15.2. The van der Waals surface area contributed by atoms with Gasteiger partial charge in [-0.15, -0.1) is 0 Å². The Bertz CT molecular complexity index is 1130. The first kappa shape index (κ1) is 36.3. The first-order chi connectivity index (χ1) is 20.9. The molecule has 2 N–H and O–H groups in total. The van der Waals surface area contributed by atoms with Crippen LogP contribution in [0.4, 0.5) is 26.3 Å². The summed E-state index contributed by atoms with van der Waals surface area (Å²) in [5, 5.41) is 34.4. The van der Waals surface area contributed by atoms with Gasteiger partial charge in [0.05, 0.1) is 25.7 Å². The zero-order valence-electron chi connectivity index (χ0n) is 27.2. The van der Waals surface area contributed by atoms with Gasteiger partial charge in [-0.25, -0.2) is 4.39 Å². The molecule has 3 aliphatic carbocycles. The van der Waals surface area contributed by atoms with Gasteiger partial charge in [-0.2, -0.15) is 22.0 Å². The number of fused-ring (bicyclic) bond motifs is 5. The number of benzene rings is 1. The van der Waals surface area contributed by atoms with Gasteiger partial charge >= 0.3 is 12.1 Å². The Labute approximate surface area is 264 Å². The van der Waals surface area contributed by atoms with Crippen LogP contribution in [0.2, 0.25) is 0 Å². The Morgan fingerprint density at radius 2 is 1.53 bits per heavy atom. The van der Waals surface area contributed by atoms with E-state index in [-0.39, 0.29) is 40.5 Å². The van der Waals surface area contributed by atoms with Gasteiger partial charge in [-0.3, -0.25) is 0 Å². The highest BCUT2D eigenvalue weighted by atomic mass is 19.4. The van der Waals surface area contributed by atoms with Crippen molar-refractivity contribution in [3.63, 3.8) is 0 Å². The minimum absolute atomic E-state index is 0.131. The zero-order chi connectivity index (χ0) is 33.3. The third-order valence-corrected chi connectivity index (χ3v) is 11.9. The zero-order valence-corrected chi connectivity index (χ0v) is 27.2. The van der Waals surface area contributed by atoms with Crippen LogP contribution < -0.4 is 0 Å². The molecule has 0 amide bonds. The number of phenolic OH excluding ortho intramolecular Hbond substituents is 1. The first-order valence-corrected chi connectivity index (χ1v) is 17.1.